The number of rotatable bonds is 1. The first-order valence-electron chi connectivity index (χ1n) is 4.24. The maximum Gasteiger partial charge on any atom is 0.357 e. The topological polar surface area (TPSA) is 72.3 Å². The lowest BCUT2D eigenvalue weighted by Gasteiger charge is -2.02. The zero-order valence-electron chi connectivity index (χ0n) is 7.97. The standard InChI is InChI=1S/C10H8N2O3/c1-15-10(14)9-7-4-6(13)2-3-8(7)11-5-12-9/h2-5,13H,1H3. The average Bonchev–Trinajstić information content (AvgIpc) is 2.27. The number of methoxy groups -OCH3 is 1. The fourth-order valence-electron chi connectivity index (χ4n) is 1.30. The molecule has 1 aromatic heterocycles. The Labute approximate surface area is 85.4 Å². The van der Waals surface area contributed by atoms with Gasteiger partial charge in [0.25, 0.3) is 0 Å². The molecule has 0 unspecified atom stereocenters. The van der Waals surface area contributed by atoms with Crippen molar-refractivity contribution in [3.63, 3.8) is 0 Å². The third-order valence-corrected chi connectivity index (χ3v) is 2.00. The summed E-state index contributed by atoms with van der Waals surface area (Å²) in [5.74, 6) is -0.490. The van der Waals surface area contributed by atoms with E-state index in [2.05, 4.69) is 14.7 Å². The number of esters is 1. The number of benzene rings is 1. The van der Waals surface area contributed by atoms with Crippen molar-refractivity contribution in [1.82, 2.24) is 9.97 Å². The predicted octanol–water partition coefficient (Wildman–Crippen LogP) is 1.12. The zero-order chi connectivity index (χ0) is 10.8. The summed E-state index contributed by atoms with van der Waals surface area (Å²) in [6, 6.07) is 4.54. The van der Waals surface area contributed by atoms with E-state index in [9.17, 15) is 9.90 Å². The molecule has 0 aliphatic rings. The van der Waals surface area contributed by atoms with Crippen LogP contribution in [0.25, 0.3) is 10.9 Å². The molecule has 0 aliphatic carbocycles. The molecule has 1 aromatic carbocycles. The van der Waals surface area contributed by atoms with Crippen LogP contribution in [0.15, 0.2) is 24.5 Å². The summed E-state index contributed by atoms with van der Waals surface area (Å²) in [4.78, 5) is 19.1. The van der Waals surface area contributed by atoms with Gasteiger partial charge in [0, 0.05) is 5.39 Å². The first-order chi connectivity index (χ1) is 7.22. The van der Waals surface area contributed by atoms with Crippen molar-refractivity contribution in [1.29, 1.82) is 0 Å². The van der Waals surface area contributed by atoms with Crippen molar-refractivity contribution in [2.45, 2.75) is 0 Å². The third kappa shape index (κ3) is 1.59. The van der Waals surface area contributed by atoms with E-state index in [0.717, 1.165) is 0 Å². The van der Waals surface area contributed by atoms with Crippen LogP contribution in [-0.4, -0.2) is 28.2 Å². The van der Waals surface area contributed by atoms with Crippen LogP contribution >= 0.6 is 0 Å². The van der Waals surface area contributed by atoms with Crippen molar-refractivity contribution >= 4 is 16.9 Å². The SMILES string of the molecule is COC(=O)c1ncnc2ccc(O)cc12. The van der Waals surface area contributed by atoms with Gasteiger partial charge < -0.3 is 9.84 Å². The van der Waals surface area contributed by atoms with Crippen molar-refractivity contribution in [3.05, 3.63) is 30.2 Å². The lowest BCUT2D eigenvalue weighted by atomic mass is 10.2. The van der Waals surface area contributed by atoms with Crippen LogP contribution in [0, 0.1) is 0 Å². The third-order valence-electron chi connectivity index (χ3n) is 2.00. The Morgan fingerprint density at radius 3 is 2.93 bits per heavy atom. The summed E-state index contributed by atoms with van der Waals surface area (Å²) in [6.07, 6.45) is 1.28. The highest BCUT2D eigenvalue weighted by Gasteiger charge is 2.12. The monoisotopic (exact) mass is 204 g/mol. The van der Waals surface area contributed by atoms with E-state index >= 15 is 0 Å². The van der Waals surface area contributed by atoms with Crippen LogP contribution in [-0.2, 0) is 4.74 Å². The molecule has 2 aromatic rings. The van der Waals surface area contributed by atoms with Gasteiger partial charge in [-0.05, 0) is 18.2 Å². The number of carbonyl (C=O) groups is 1. The van der Waals surface area contributed by atoms with E-state index in [1.165, 1.54) is 25.6 Å². The molecule has 0 saturated carbocycles. The highest BCUT2D eigenvalue weighted by molar-refractivity contribution is 6.01. The summed E-state index contributed by atoms with van der Waals surface area (Å²) < 4.78 is 4.57. The molecular formula is C10H8N2O3. The van der Waals surface area contributed by atoms with Gasteiger partial charge in [0.1, 0.15) is 12.1 Å². The number of hydrogen-bond acceptors (Lipinski definition) is 5. The fourth-order valence-corrected chi connectivity index (χ4v) is 1.30. The molecule has 5 heteroatoms. The van der Waals surface area contributed by atoms with Gasteiger partial charge in [-0.15, -0.1) is 0 Å². The van der Waals surface area contributed by atoms with Crippen LogP contribution in [0.1, 0.15) is 10.5 Å². The van der Waals surface area contributed by atoms with Crippen molar-refractivity contribution in [2.24, 2.45) is 0 Å². The predicted molar refractivity (Wildman–Crippen MR) is 52.5 cm³/mol. The normalized spacial score (nSPS) is 10.2. The summed E-state index contributed by atoms with van der Waals surface area (Å²) >= 11 is 0. The Hall–Kier alpha value is -2.17. The van der Waals surface area contributed by atoms with Crippen LogP contribution in [0.3, 0.4) is 0 Å². The molecule has 1 heterocycles. The maximum absolute atomic E-state index is 11.3. The number of fused-ring (bicyclic) bond motifs is 1. The second-order valence-corrected chi connectivity index (χ2v) is 2.92. The Bertz CT molecular complexity index is 525. The number of carbonyl (C=O) groups excluding carboxylic acids is 1. The Kier molecular flexibility index (Phi) is 2.21. The lowest BCUT2D eigenvalue weighted by Crippen LogP contribution is -2.05. The van der Waals surface area contributed by atoms with Gasteiger partial charge in [-0.3, -0.25) is 0 Å². The minimum absolute atomic E-state index is 0.0578. The maximum atomic E-state index is 11.3. The molecule has 0 saturated heterocycles. The van der Waals surface area contributed by atoms with Crippen LogP contribution in [0.2, 0.25) is 0 Å². The number of ether oxygens (including phenoxy) is 1. The van der Waals surface area contributed by atoms with E-state index in [1.54, 1.807) is 6.07 Å². The first kappa shape index (κ1) is 9.39. The molecule has 5 nitrogen and oxygen atoms in total. The molecule has 0 radical (unpaired) electrons. The fraction of sp³-hybridized carbons (Fsp3) is 0.100. The van der Waals surface area contributed by atoms with Gasteiger partial charge >= 0.3 is 5.97 Å². The summed E-state index contributed by atoms with van der Waals surface area (Å²) in [5.41, 5.74) is 0.738. The van der Waals surface area contributed by atoms with E-state index in [1.807, 2.05) is 0 Å². The van der Waals surface area contributed by atoms with Crippen molar-refractivity contribution < 1.29 is 14.6 Å². The van der Waals surface area contributed by atoms with Crippen LogP contribution in [0.5, 0.6) is 5.75 Å². The molecule has 0 atom stereocenters. The Balaban J connectivity index is 2.74. The summed E-state index contributed by atoms with van der Waals surface area (Å²) in [5, 5.41) is 9.78. The van der Waals surface area contributed by atoms with Crippen LogP contribution < -0.4 is 0 Å². The molecule has 2 rings (SSSR count). The average molecular weight is 204 g/mol. The highest BCUT2D eigenvalue weighted by atomic mass is 16.5. The van der Waals surface area contributed by atoms with Gasteiger partial charge in [0.2, 0.25) is 0 Å². The quantitative estimate of drug-likeness (QED) is 0.705. The summed E-state index contributed by atoms with van der Waals surface area (Å²) in [7, 11) is 1.28. The minimum atomic E-state index is -0.548. The van der Waals surface area contributed by atoms with Gasteiger partial charge in [0.05, 0.1) is 12.6 Å². The number of hydrogen-bond donors (Lipinski definition) is 1. The smallest absolute Gasteiger partial charge is 0.357 e. The second-order valence-electron chi connectivity index (χ2n) is 2.92. The van der Waals surface area contributed by atoms with Gasteiger partial charge in [-0.1, -0.05) is 0 Å². The molecule has 0 spiro atoms. The first-order valence-corrected chi connectivity index (χ1v) is 4.24. The number of aromatic hydroxyl groups is 1. The number of nitrogens with zero attached hydrogens (tertiary/aromatic N) is 2. The van der Waals surface area contributed by atoms with E-state index in [0.29, 0.717) is 10.9 Å². The second kappa shape index (κ2) is 3.53. The Morgan fingerprint density at radius 1 is 1.40 bits per heavy atom. The molecule has 0 bridgehead atoms. The van der Waals surface area contributed by atoms with Crippen molar-refractivity contribution in [2.75, 3.05) is 7.11 Å². The molecule has 15 heavy (non-hydrogen) atoms. The number of phenols is 1. The van der Waals surface area contributed by atoms with E-state index in [-0.39, 0.29) is 11.4 Å². The highest BCUT2D eigenvalue weighted by Crippen LogP contribution is 2.20. The minimum Gasteiger partial charge on any atom is -0.508 e. The largest absolute Gasteiger partial charge is 0.508 e. The molecule has 0 fully saturated rings. The van der Waals surface area contributed by atoms with E-state index in [4.69, 9.17) is 0 Å². The zero-order valence-corrected chi connectivity index (χ0v) is 7.97. The molecule has 0 amide bonds. The lowest BCUT2D eigenvalue weighted by molar-refractivity contribution is 0.0596. The summed E-state index contributed by atoms with van der Waals surface area (Å²) in [6.45, 7) is 0. The van der Waals surface area contributed by atoms with Gasteiger partial charge in [-0.2, -0.15) is 0 Å². The van der Waals surface area contributed by atoms with Gasteiger partial charge in [-0.25, -0.2) is 14.8 Å². The number of aromatic nitrogens is 2. The van der Waals surface area contributed by atoms with E-state index < -0.39 is 5.97 Å². The number of phenolic OH excluding ortho intramolecular Hbond substituents is 1. The molecular weight excluding hydrogens is 196 g/mol. The van der Waals surface area contributed by atoms with Crippen LogP contribution in [0.4, 0.5) is 0 Å². The molecule has 1 N–H and O–H groups in total. The van der Waals surface area contributed by atoms with Crippen molar-refractivity contribution in [3.8, 4) is 5.75 Å². The molecule has 0 aliphatic heterocycles. The molecule has 76 valence electrons. The van der Waals surface area contributed by atoms with Gasteiger partial charge in [0.15, 0.2) is 5.69 Å². The Morgan fingerprint density at radius 2 is 2.20 bits per heavy atom.